The van der Waals surface area contributed by atoms with E-state index >= 15 is 0 Å². The molecule has 1 aliphatic heterocycles. The molecule has 122 valence electrons. The van der Waals surface area contributed by atoms with Crippen LogP contribution in [0.15, 0.2) is 30.5 Å². The highest BCUT2D eigenvalue weighted by Gasteiger charge is 2.17. The normalized spacial score (nSPS) is 18.0. The largest absolute Gasteiger partial charge is 0.379 e. The monoisotopic (exact) mass is 314 g/mol. The van der Waals surface area contributed by atoms with Gasteiger partial charge in [-0.05, 0) is 25.8 Å². The second-order valence-electron chi connectivity index (χ2n) is 6.04. The Labute approximate surface area is 135 Å². The first-order chi connectivity index (χ1) is 11.1. The highest BCUT2D eigenvalue weighted by molar-refractivity contribution is 6.06. The molecule has 1 aliphatic rings. The molecule has 1 atom stereocenters. The standard InChI is InChI=1S/C18H22N2O3/c1-13(21)16-11-20(17-7-3-2-6-15(16)17)9-8-18(22)19-14-5-4-10-23-12-14/h2-3,6-7,11,14H,4-5,8-10,12H2,1H3,(H,19,22). The zero-order valence-electron chi connectivity index (χ0n) is 13.4. The van der Waals surface area contributed by atoms with Gasteiger partial charge in [0.2, 0.25) is 5.91 Å². The Morgan fingerprint density at radius 2 is 2.17 bits per heavy atom. The number of aromatic nitrogens is 1. The molecule has 0 spiro atoms. The van der Waals surface area contributed by atoms with Gasteiger partial charge in [0.25, 0.3) is 0 Å². The molecule has 5 nitrogen and oxygen atoms in total. The maximum absolute atomic E-state index is 12.1. The zero-order chi connectivity index (χ0) is 16.2. The maximum atomic E-state index is 12.1. The molecule has 23 heavy (non-hydrogen) atoms. The second kappa shape index (κ2) is 6.96. The van der Waals surface area contributed by atoms with Crippen LogP contribution in [0.1, 0.15) is 36.5 Å². The Bertz CT molecular complexity index is 714. The number of rotatable bonds is 5. The number of hydrogen-bond donors (Lipinski definition) is 1. The number of aryl methyl sites for hydroxylation is 1. The van der Waals surface area contributed by atoms with Gasteiger partial charge < -0.3 is 14.6 Å². The van der Waals surface area contributed by atoms with Gasteiger partial charge in [-0.15, -0.1) is 0 Å². The van der Waals surface area contributed by atoms with Crippen molar-refractivity contribution in [2.24, 2.45) is 0 Å². The number of nitrogens with zero attached hydrogens (tertiary/aromatic N) is 1. The summed E-state index contributed by atoms with van der Waals surface area (Å²) >= 11 is 0. The Balaban J connectivity index is 1.67. The Morgan fingerprint density at radius 3 is 2.91 bits per heavy atom. The minimum Gasteiger partial charge on any atom is -0.379 e. The average molecular weight is 314 g/mol. The number of para-hydroxylation sites is 1. The van der Waals surface area contributed by atoms with Gasteiger partial charge in [-0.1, -0.05) is 18.2 Å². The number of carbonyl (C=O) groups is 2. The van der Waals surface area contributed by atoms with E-state index in [-0.39, 0.29) is 17.7 Å². The molecule has 1 amide bonds. The first-order valence-electron chi connectivity index (χ1n) is 8.11. The molecule has 1 aromatic carbocycles. The van der Waals surface area contributed by atoms with E-state index in [1.807, 2.05) is 35.0 Å². The summed E-state index contributed by atoms with van der Waals surface area (Å²) in [5, 5.41) is 3.97. The molecule has 0 radical (unpaired) electrons. The fourth-order valence-electron chi connectivity index (χ4n) is 3.09. The lowest BCUT2D eigenvalue weighted by Gasteiger charge is -2.23. The first-order valence-corrected chi connectivity index (χ1v) is 8.11. The van der Waals surface area contributed by atoms with Crippen LogP contribution in [0.25, 0.3) is 10.9 Å². The van der Waals surface area contributed by atoms with Crippen LogP contribution in [0.2, 0.25) is 0 Å². The quantitative estimate of drug-likeness (QED) is 0.863. The summed E-state index contributed by atoms with van der Waals surface area (Å²) in [6, 6.07) is 7.93. The van der Waals surface area contributed by atoms with Gasteiger partial charge in [0, 0.05) is 42.2 Å². The van der Waals surface area contributed by atoms with Gasteiger partial charge in [-0.2, -0.15) is 0 Å². The predicted octanol–water partition coefficient (Wildman–Crippen LogP) is 2.53. The van der Waals surface area contributed by atoms with E-state index in [9.17, 15) is 9.59 Å². The fraction of sp³-hybridized carbons (Fsp3) is 0.444. The number of ether oxygens (including phenoxy) is 1. The van der Waals surface area contributed by atoms with Crippen LogP contribution < -0.4 is 5.32 Å². The van der Waals surface area contributed by atoms with Gasteiger partial charge in [-0.25, -0.2) is 0 Å². The molecular formula is C18H22N2O3. The third kappa shape index (κ3) is 3.62. The molecular weight excluding hydrogens is 292 g/mol. The predicted molar refractivity (Wildman–Crippen MR) is 88.5 cm³/mol. The van der Waals surface area contributed by atoms with Crippen LogP contribution in [0.3, 0.4) is 0 Å². The van der Waals surface area contributed by atoms with Crippen LogP contribution in [0, 0.1) is 0 Å². The van der Waals surface area contributed by atoms with Crippen LogP contribution in [-0.2, 0) is 16.1 Å². The number of nitrogens with one attached hydrogen (secondary N) is 1. The summed E-state index contributed by atoms with van der Waals surface area (Å²) in [6.07, 6.45) is 4.22. The number of fused-ring (bicyclic) bond motifs is 1. The number of hydrogen-bond acceptors (Lipinski definition) is 3. The van der Waals surface area contributed by atoms with Crippen molar-refractivity contribution >= 4 is 22.6 Å². The van der Waals surface area contributed by atoms with Crippen molar-refractivity contribution < 1.29 is 14.3 Å². The molecule has 3 rings (SSSR count). The first kappa shape index (κ1) is 15.7. The number of benzene rings is 1. The van der Waals surface area contributed by atoms with Crippen LogP contribution in [0.4, 0.5) is 0 Å². The van der Waals surface area contributed by atoms with Crippen molar-refractivity contribution in [2.75, 3.05) is 13.2 Å². The van der Waals surface area contributed by atoms with Gasteiger partial charge in [0.1, 0.15) is 0 Å². The molecule has 1 saturated heterocycles. The van der Waals surface area contributed by atoms with E-state index in [0.717, 1.165) is 30.4 Å². The average Bonchev–Trinajstić information content (AvgIpc) is 2.93. The minimum absolute atomic E-state index is 0.0302. The van der Waals surface area contributed by atoms with E-state index < -0.39 is 0 Å². The summed E-state index contributed by atoms with van der Waals surface area (Å²) in [7, 11) is 0. The molecule has 1 aromatic heterocycles. The fourth-order valence-corrected chi connectivity index (χ4v) is 3.09. The second-order valence-corrected chi connectivity index (χ2v) is 6.04. The molecule has 1 fully saturated rings. The molecule has 2 heterocycles. The highest BCUT2D eigenvalue weighted by Crippen LogP contribution is 2.22. The topological polar surface area (TPSA) is 60.3 Å². The summed E-state index contributed by atoms with van der Waals surface area (Å²) in [6.45, 7) is 3.53. The summed E-state index contributed by atoms with van der Waals surface area (Å²) < 4.78 is 7.36. The molecule has 1 unspecified atom stereocenters. The van der Waals surface area contributed by atoms with Gasteiger partial charge >= 0.3 is 0 Å². The van der Waals surface area contributed by atoms with Crippen molar-refractivity contribution in [2.45, 2.75) is 38.8 Å². The van der Waals surface area contributed by atoms with E-state index in [0.29, 0.717) is 25.1 Å². The number of amides is 1. The van der Waals surface area contributed by atoms with Gasteiger partial charge in [0.05, 0.1) is 12.6 Å². The Hall–Kier alpha value is -2.14. The van der Waals surface area contributed by atoms with Crippen LogP contribution >= 0.6 is 0 Å². The minimum atomic E-state index is 0.0302. The van der Waals surface area contributed by atoms with Gasteiger partial charge in [-0.3, -0.25) is 9.59 Å². The summed E-state index contributed by atoms with van der Waals surface area (Å²) in [5.41, 5.74) is 1.70. The summed E-state index contributed by atoms with van der Waals surface area (Å²) in [4.78, 5) is 23.9. The molecule has 2 aromatic rings. The van der Waals surface area contributed by atoms with Crippen molar-refractivity contribution in [3.05, 3.63) is 36.0 Å². The molecule has 1 N–H and O–H groups in total. The smallest absolute Gasteiger partial charge is 0.222 e. The molecule has 0 aliphatic carbocycles. The maximum Gasteiger partial charge on any atom is 0.222 e. The number of Topliss-reactive ketones (excluding diaryl/α,β-unsaturated/α-hetero) is 1. The highest BCUT2D eigenvalue weighted by atomic mass is 16.5. The van der Waals surface area contributed by atoms with E-state index in [2.05, 4.69) is 5.32 Å². The zero-order valence-corrected chi connectivity index (χ0v) is 13.4. The Kier molecular flexibility index (Phi) is 4.76. The van der Waals surface area contributed by atoms with E-state index in [4.69, 9.17) is 4.74 Å². The van der Waals surface area contributed by atoms with Crippen molar-refractivity contribution in [1.29, 1.82) is 0 Å². The molecule has 0 saturated carbocycles. The van der Waals surface area contributed by atoms with Crippen molar-refractivity contribution in [1.82, 2.24) is 9.88 Å². The lowest BCUT2D eigenvalue weighted by atomic mass is 10.1. The van der Waals surface area contributed by atoms with E-state index in [1.54, 1.807) is 6.92 Å². The van der Waals surface area contributed by atoms with Gasteiger partial charge in [0.15, 0.2) is 5.78 Å². The van der Waals surface area contributed by atoms with Crippen molar-refractivity contribution in [3.63, 3.8) is 0 Å². The third-order valence-corrected chi connectivity index (χ3v) is 4.27. The molecule has 5 heteroatoms. The van der Waals surface area contributed by atoms with Crippen LogP contribution in [0.5, 0.6) is 0 Å². The SMILES string of the molecule is CC(=O)c1cn(CCC(=O)NC2CCCOC2)c2ccccc12. The lowest BCUT2D eigenvalue weighted by Crippen LogP contribution is -2.40. The van der Waals surface area contributed by atoms with Crippen LogP contribution in [-0.4, -0.2) is 35.5 Å². The van der Waals surface area contributed by atoms with E-state index in [1.165, 1.54) is 0 Å². The summed E-state index contributed by atoms with van der Waals surface area (Å²) in [5.74, 6) is 0.0754. The number of carbonyl (C=O) groups excluding carboxylic acids is 2. The van der Waals surface area contributed by atoms with Crippen molar-refractivity contribution in [3.8, 4) is 0 Å². The lowest BCUT2D eigenvalue weighted by molar-refractivity contribution is -0.122. The molecule has 0 bridgehead atoms. The Morgan fingerprint density at radius 1 is 1.35 bits per heavy atom. The number of ketones is 1. The third-order valence-electron chi connectivity index (χ3n) is 4.27.